The Bertz CT molecular complexity index is 2230. The van der Waals surface area contributed by atoms with Crippen LogP contribution in [-0.2, 0) is 55.8 Å². The average Bonchev–Trinajstić information content (AvgIpc) is 3.14. The van der Waals surface area contributed by atoms with Gasteiger partial charge in [0.15, 0.2) is 6.10 Å². The second-order valence-corrected chi connectivity index (χ2v) is 26.2. The van der Waals surface area contributed by atoms with Crippen molar-refractivity contribution < 1.29 is 75.8 Å². The molecule has 0 aromatic rings. The van der Waals surface area contributed by atoms with E-state index in [0.29, 0.717) is 19.3 Å². The van der Waals surface area contributed by atoms with E-state index in [2.05, 4.69) is 154 Å². The molecule has 18 heteroatoms. The number of aliphatic hydroxyl groups excluding tert-OH is 2. The molecule has 0 radical (unpaired) electrons. The van der Waals surface area contributed by atoms with Crippen LogP contribution < -0.4 is 0 Å². The molecule has 4 N–H and O–H groups in total. The normalized spacial score (nSPS) is 15.0. The molecule has 5 unspecified atom stereocenters. The summed E-state index contributed by atoms with van der Waals surface area (Å²) < 4.78 is 60.9. The Morgan fingerprint density at radius 2 is 0.570 bits per heavy atom. The molecule has 0 saturated carbocycles. The first kappa shape index (κ1) is 88.7. The minimum Gasteiger partial charge on any atom is -0.463 e. The van der Waals surface area contributed by atoms with E-state index in [1.807, 2.05) is 0 Å². The van der Waals surface area contributed by atoms with Crippen molar-refractivity contribution in [1.82, 2.24) is 0 Å². The smallest absolute Gasteiger partial charge is 0.463 e. The van der Waals surface area contributed by atoms with Gasteiger partial charge in [0, 0.05) is 19.3 Å². The maximum Gasteiger partial charge on any atom is 0.472 e. The third-order valence-corrected chi connectivity index (χ3v) is 16.2. The topological polar surface area (TPSA) is 231 Å². The van der Waals surface area contributed by atoms with E-state index in [0.717, 1.165) is 154 Å². The molecule has 0 rings (SSSR count). The maximum absolute atomic E-state index is 12.9. The molecule has 0 fully saturated rings. The van der Waals surface area contributed by atoms with Crippen LogP contribution in [0.5, 0.6) is 0 Å². The van der Waals surface area contributed by atoms with E-state index in [1.54, 1.807) is 0 Å². The van der Waals surface area contributed by atoms with Gasteiger partial charge in [0.05, 0.1) is 26.4 Å². The van der Waals surface area contributed by atoms with Crippen molar-refractivity contribution in [2.75, 3.05) is 39.6 Å². The number of phosphoric ester groups is 2. The number of carbonyl (C=O) groups excluding carboxylic acids is 3. The minimum atomic E-state index is -4.94. The lowest BCUT2D eigenvalue weighted by atomic mass is 10.1. The number of ether oxygens (including phenoxy) is 3. The molecule has 0 amide bonds. The van der Waals surface area contributed by atoms with Crippen LogP contribution in [0.25, 0.3) is 0 Å². The lowest BCUT2D eigenvalue weighted by Gasteiger charge is -2.21. The fourth-order valence-electron chi connectivity index (χ4n) is 8.97. The number of allylic oxidation sites excluding steroid dienone is 22. The zero-order valence-corrected chi connectivity index (χ0v) is 59.4. The summed E-state index contributed by atoms with van der Waals surface area (Å²) in [5, 5.41) is 20.6. The third-order valence-electron chi connectivity index (χ3n) is 14.3. The van der Waals surface area contributed by atoms with E-state index in [-0.39, 0.29) is 19.3 Å². The second kappa shape index (κ2) is 67.7. The van der Waals surface area contributed by atoms with Gasteiger partial charge in [-0.15, -0.1) is 0 Å². The van der Waals surface area contributed by atoms with Crippen LogP contribution in [0.3, 0.4) is 0 Å². The molecule has 0 aliphatic rings. The Labute approximate surface area is 563 Å². The Hall–Kier alpha value is -4.31. The lowest BCUT2D eigenvalue weighted by Crippen LogP contribution is -2.30. The average molecular weight is 1350 g/mol. The van der Waals surface area contributed by atoms with E-state index in [4.69, 9.17) is 32.3 Å². The zero-order chi connectivity index (χ0) is 68.1. The van der Waals surface area contributed by atoms with Crippen LogP contribution >= 0.6 is 15.6 Å². The molecule has 0 saturated heterocycles. The molecule has 0 aliphatic heterocycles. The molecule has 0 aliphatic carbocycles. The first-order valence-corrected chi connectivity index (χ1v) is 38.5. The summed E-state index contributed by atoms with van der Waals surface area (Å²) in [6, 6.07) is 0. The Morgan fingerprint density at radius 1 is 0.312 bits per heavy atom. The van der Waals surface area contributed by atoms with Gasteiger partial charge in [-0.1, -0.05) is 244 Å². The molecular formula is C75H126O16P2. The summed E-state index contributed by atoms with van der Waals surface area (Å²) in [6.45, 7) is 2.35. The van der Waals surface area contributed by atoms with Crippen LogP contribution in [0.15, 0.2) is 134 Å². The van der Waals surface area contributed by atoms with Gasteiger partial charge in [0.1, 0.15) is 25.4 Å². The molecule has 0 heterocycles. The van der Waals surface area contributed by atoms with Gasteiger partial charge in [0.25, 0.3) is 0 Å². The molecule has 0 bridgehead atoms. The zero-order valence-electron chi connectivity index (χ0n) is 57.6. The van der Waals surface area contributed by atoms with Crippen molar-refractivity contribution in [2.45, 2.75) is 283 Å². The van der Waals surface area contributed by atoms with Crippen molar-refractivity contribution in [3.63, 3.8) is 0 Å². The Balaban J connectivity index is 4.62. The van der Waals surface area contributed by atoms with Crippen LogP contribution in [-0.4, -0.2) is 95.9 Å². The highest BCUT2D eigenvalue weighted by Gasteiger charge is 2.29. The summed E-state index contributed by atoms with van der Waals surface area (Å²) in [5.41, 5.74) is 0. The quantitative estimate of drug-likeness (QED) is 0.0146. The summed E-state index contributed by atoms with van der Waals surface area (Å²) in [6.07, 6.45) is 79.3. The number of rotatable bonds is 66. The van der Waals surface area contributed by atoms with E-state index < -0.39 is 91.5 Å². The van der Waals surface area contributed by atoms with Crippen molar-refractivity contribution in [3.05, 3.63) is 134 Å². The number of hydrogen-bond donors (Lipinski definition) is 4. The highest BCUT2D eigenvalue weighted by atomic mass is 31.2. The van der Waals surface area contributed by atoms with Crippen molar-refractivity contribution >= 4 is 33.6 Å². The highest BCUT2D eigenvalue weighted by Crippen LogP contribution is 2.45. The number of aliphatic hydroxyl groups is 2. The van der Waals surface area contributed by atoms with E-state index in [1.165, 1.54) is 51.4 Å². The van der Waals surface area contributed by atoms with Gasteiger partial charge in [-0.25, -0.2) is 9.13 Å². The molecule has 0 aromatic heterocycles. The second-order valence-electron chi connectivity index (χ2n) is 23.3. The summed E-state index contributed by atoms with van der Waals surface area (Å²) in [4.78, 5) is 58.4. The molecule has 532 valence electrons. The van der Waals surface area contributed by atoms with Crippen molar-refractivity contribution in [1.29, 1.82) is 0 Å². The SMILES string of the molecule is CC/C=C\C/C=C\C/C=C\C/C=C\CCCCCCC(=O)OCC(COP(=O)(O)OCC(O)COP(=O)(O)OCC(O)COC(=O)CCCCCCCCCCC/C=C\C/C=C\C/C=C\C/C=C\CCCCC)OC(=O)CCCCCCC/C=C\C/C=C\C/C=C\CC. The summed E-state index contributed by atoms with van der Waals surface area (Å²) >= 11 is 0. The monoisotopic (exact) mass is 1340 g/mol. The van der Waals surface area contributed by atoms with Gasteiger partial charge < -0.3 is 34.2 Å². The molecule has 0 spiro atoms. The maximum atomic E-state index is 12.9. The molecule has 0 aromatic carbocycles. The molecular weight excluding hydrogens is 1220 g/mol. The van der Waals surface area contributed by atoms with Gasteiger partial charge in [-0.3, -0.25) is 32.5 Å². The molecule has 93 heavy (non-hydrogen) atoms. The van der Waals surface area contributed by atoms with Gasteiger partial charge in [-0.05, 0) is 135 Å². The van der Waals surface area contributed by atoms with Crippen LogP contribution in [0.1, 0.15) is 265 Å². The third kappa shape index (κ3) is 68.9. The van der Waals surface area contributed by atoms with Crippen molar-refractivity contribution in [2.24, 2.45) is 0 Å². The number of phosphoric acid groups is 2. The molecule has 16 nitrogen and oxygen atoms in total. The van der Waals surface area contributed by atoms with Gasteiger partial charge in [0.2, 0.25) is 0 Å². The van der Waals surface area contributed by atoms with Crippen LogP contribution in [0, 0.1) is 0 Å². The van der Waals surface area contributed by atoms with Crippen molar-refractivity contribution in [3.8, 4) is 0 Å². The number of carbonyl (C=O) groups is 3. The predicted molar refractivity (Wildman–Crippen MR) is 380 cm³/mol. The predicted octanol–water partition coefficient (Wildman–Crippen LogP) is 20.0. The first-order valence-electron chi connectivity index (χ1n) is 35.5. The highest BCUT2D eigenvalue weighted by molar-refractivity contribution is 7.47. The first-order chi connectivity index (χ1) is 45.2. The van der Waals surface area contributed by atoms with Crippen LogP contribution in [0.4, 0.5) is 0 Å². The Kier molecular flexibility index (Phi) is 64.5. The van der Waals surface area contributed by atoms with E-state index in [9.17, 15) is 43.5 Å². The molecule has 5 atom stereocenters. The van der Waals surface area contributed by atoms with Crippen LogP contribution in [0.2, 0.25) is 0 Å². The number of esters is 3. The fraction of sp³-hybridized carbons (Fsp3) is 0.667. The standard InChI is InChI=1S/C75H126O16P2/c1-4-7-10-13-16-19-22-25-28-30-31-32-33-34-35-36-37-39-42-43-46-49-52-55-58-61-73(78)85-64-70(76)65-87-92(81,82)88-66-71(77)67-89-93(83,84)90-69-72(91-75(80)63-60-57-54-51-48-45-40-27-24-21-18-15-12-9-6-3)68-86-74(79)62-59-56-53-50-47-44-41-38-29-26-23-20-17-14-11-8-5-2/h8-9,11-12,16-21,25-29,31-32,34-35,40-41,44,70-72,76-77H,4-7,10,13-15,22-24,30,33,36-39,42-43,45-69H2,1-3H3,(H,81,82)(H,83,84)/b11-8-,12-9-,19-16-,20-17-,21-18-,28-25-,29-26-,32-31-,35-34-,40-27-,44-41-. The Morgan fingerprint density at radius 3 is 0.903 bits per heavy atom. The summed E-state index contributed by atoms with van der Waals surface area (Å²) in [5.74, 6) is -1.63. The number of unbranched alkanes of at least 4 members (excludes halogenated alkanes) is 21. The van der Waals surface area contributed by atoms with Gasteiger partial charge >= 0.3 is 33.6 Å². The largest absolute Gasteiger partial charge is 0.472 e. The lowest BCUT2D eigenvalue weighted by molar-refractivity contribution is -0.161. The van der Waals surface area contributed by atoms with E-state index >= 15 is 0 Å². The number of hydrogen-bond acceptors (Lipinski definition) is 14. The minimum absolute atomic E-state index is 0.0753. The van der Waals surface area contributed by atoms with Gasteiger partial charge in [-0.2, -0.15) is 0 Å². The summed E-state index contributed by atoms with van der Waals surface area (Å²) in [7, 11) is -9.80. The fourth-order valence-corrected chi connectivity index (χ4v) is 10.6.